The summed E-state index contributed by atoms with van der Waals surface area (Å²) in [6, 6.07) is 0. The van der Waals surface area contributed by atoms with E-state index in [0.29, 0.717) is 13.1 Å². The molecule has 0 saturated heterocycles. The number of aliphatic hydroxyl groups excluding tert-OH is 2. The van der Waals surface area contributed by atoms with Crippen LogP contribution >= 0.6 is 17.8 Å². The number of halogens is 2. The minimum absolute atomic E-state index is 0.174. The van der Waals surface area contributed by atoms with Crippen LogP contribution in [0.2, 0.25) is 0 Å². The van der Waals surface area contributed by atoms with E-state index in [0.717, 1.165) is 6.54 Å². The Morgan fingerprint density at radius 3 is 1.67 bits per heavy atom. The summed E-state index contributed by atoms with van der Waals surface area (Å²) >= 11 is -0.826. The Hall–Kier alpha value is 1.26. The van der Waals surface area contributed by atoms with Gasteiger partial charge in [0.15, 0.2) is 0 Å². The van der Waals surface area contributed by atoms with Gasteiger partial charge in [0.2, 0.25) is 0 Å². The van der Waals surface area contributed by atoms with Crippen LogP contribution in [0.25, 0.3) is 0 Å². The predicted octanol–water partition coefficient (Wildman–Crippen LogP) is 0.291. The van der Waals surface area contributed by atoms with Gasteiger partial charge in [-0.1, -0.05) is 6.92 Å². The van der Waals surface area contributed by atoms with Crippen LogP contribution in [0.4, 0.5) is 0 Å². The van der Waals surface area contributed by atoms with Crippen LogP contribution in [0.15, 0.2) is 0 Å². The SMILES string of the molecule is CCN(CCO)CCO.[Cl][Sn][Cl]. The summed E-state index contributed by atoms with van der Waals surface area (Å²) in [6.45, 7) is 4.57. The molecular weight excluding hydrogens is 308 g/mol. The summed E-state index contributed by atoms with van der Waals surface area (Å²) in [4.78, 5) is 1.99. The van der Waals surface area contributed by atoms with Crippen molar-refractivity contribution in [1.29, 1.82) is 0 Å². The molecule has 0 spiro atoms. The zero-order valence-electron chi connectivity index (χ0n) is 7.13. The Labute approximate surface area is 91.3 Å². The van der Waals surface area contributed by atoms with E-state index in [9.17, 15) is 0 Å². The Bertz CT molecular complexity index is 74.6. The van der Waals surface area contributed by atoms with Crippen molar-refractivity contribution in [2.45, 2.75) is 6.92 Å². The first kappa shape index (κ1) is 15.7. The molecule has 0 aliphatic heterocycles. The van der Waals surface area contributed by atoms with Gasteiger partial charge in [-0.05, 0) is 6.54 Å². The third-order valence-electron chi connectivity index (χ3n) is 1.28. The monoisotopic (exact) mass is 323 g/mol. The number of nitrogens with zero attached hydrogens (tertiary/aromatic N) is 1. The van der Waals surface area contributed by atoms with Crippen molar-refractivity contribution in [3.63, 3.8) is 0 Å². The average Bonchev–Trinajstić information content (AvgIpc) is 2.05. The molecule has 0 heterocycles. The van der Waals surface area contributed by atoms with Crippen molar-refractivity contribution in [2.24, 2.45) is 0 Å². The molecule has 74 valence electrons. The van der Waals surface area contributed by atoms with Gasteiger partial charge in [-0.15, -0.1) is 0 Å². The van der Waals surface area contributed by atoms with E-state index >= 15 is 0 Å². The van der Waals surface area contributed by atoms with E-state index in [1.807, 2.05) is 11.8 Å². The number of aliphatic hydroxyl groups is 2. The van der Waals surface area contributed by atoms with Crippen LogP contribution < -0.4 is 0 Å². The molecular formula is C6H15Cl2NO2Sn. The van der Waals surface area contributed by atoms with E-state index in [1.54, 1.807) is 0 Å². The fourth-order valence-corrected chi connectivity index (χ4v) is 0.711. The van der Waals surface area contributed by atoms with Crippen LogP contribution in [-0.2, 0) is 0 Å². The fourth-order valence-electron chi connectivity index (χ4n) is 0.711. The summed E-state index contributed by atoms with van der Waals surface area (Å²) in [5, 5.41) is 16.9. The van der Waals surface area contributed by atoms with Gasteiger partial charge >= 0.3 is 36.7 Å². The first-order valence-corrected chi connectivity index (χ1v) is 10.9. The van der Waals surface area contributed by atoms with Gasteiger partial charge in [0.1, 0.15) is 0 Å². The molecule has 0 bridgehead atoms. The maximum atomic E-state index is 8.47. The minimum atomic E-state index is -0.826. The third-order valence-corrected chi connectivity index (χ3v) is 1.28. The van der Waals surface area contributed by atoms with Gasteiger partial charge in [0.05, 0.1) is 13.2 Å². The van der Waals surface area contributed by atoms with Gasteiger partial charge in [0, 0.05) is 13.1 Å². The first-order chi connectivity index (χ1) is 5.76. The molecule has 12 heavy (non-hydrogen) atoms. The molecule has 0 aromatic carbocycles. The number of hydrogen-bond acceptors (Lipinski definition) is 3. The van der Waals surface area contributed by atoms with Crippen LogP contribution in [0.3, 0.4) is 0 Å². The second-order valence-corrected chi connectivity index (χ2v) is 6.19. The van der Waals surface area contributed by atoms with Crippen molar-refractivity contribution in [2.75, 3.05) is 32.8 Å². The van der Waals surface area contributed by atoms with Crippen molar-refractivity contribution >= 4 is 36.7 Å². The summed E-state index contributed by atoms with van der Waals surface area (Å²) < 4.78 is 0. The molecule has 0 rings (SSSR count). The number of rotatable bonds is 5. The maximum absolute atomic E-state index is 8.47. The van der Waals surface area contributed by atoms with Crippen LogP contribution in [0, 0.1) is 0 Å². The molecule has 3 nitrogen and oxygen atoms in total. The quantitative estimate of drug-likeness (QED) is 0.715. The van der Waals surface area contributed by atoms with Crippen molar-refractivity contribution in [3.05, 3.63) is 0 Å². The Kier molecular flexibility index (Phi) is 19.3. The molecule has 2 radical (unpaired) electrons. The van der Waals surface area contributed by atoms with E-state index in [4.69, 9.17) is 28.1 Å². The molecule has 0 unspecified atom stereocenters. The zero-order valence-corrected chi connectivity index (χ0v) is 11.5. The van der Waals surface area contributed by atoms with Crippen molar-refractivity contribution in [3.8, 4) is 0 Å². The predicted molar refractivity (Wildman–Crippen MR) is 53.7 cm³/mol. The average molecular weight is 323 g/mol. The van der Waals surface area contributed by atoms with Crippen LogP contribution in [-0.4, -0.2) is 66.8 Å². The Balaban J connectivity index is 0. The fraction of sp³-hybridized carbons (Fsp3) is 1.00. The Morgan fingerprint density at radius 1 is 1.17 bits per heavy atom. The van der Waals surface area contributed by atoms with E-state index in [2.05, 4.69) is 0 Å². The van der Waals surface area contributed by atoms with E-state index in [1.165, 1.54) is 0 Å². The molecule has 2 N–H and O–H groups in total. The van der Waals surface area contributed by atoms with Gasteiger partial charge in [-0.3, -0.25) is 4.90 Å². The molecule has 6 heteroatoms. The normalized spacial score (nSPS) is 9.50. The van der Waals surface area contributed by atoms with Gasteiger partial charge < -0.3 is 10.2 Å². The van der Waals surface area contributed by atoms with Crippen molar-refractivity contribution in [1.82, 2.24) is 4.90 Å². The molecule has 0 aromatic rings. The second-order valence-electron chi connectivity index (χ2n) is 1.95. The van der Waals surface area contributed by atoms with Gasteiger partial charge in [-0.25, -0.2) is 0 Å². The molecule has 0 aromatic heterocycles. The zero-order chi connectivity index (χ0) is 9.82. The van der Waals surface area contributed by atoms with Crippen LogP contribution in [0.1, 0.15) is 6.92 Å². The topological polar surface area (TPSA) is 43.7 Å². The van der Waals surface area contributed by atoms with E-state index in [-0.39, 0.29) is 13.2 Å². The second kappa shape index (κ2) is 14.8. The standard InChI is InChI=1S/C6H15NO2.2ClH.Sn/c1-2-7(3-5-8)4-6-9;;;/h8-9H,2-6H2,1H3;2*1H;/q;;;+2/p-2. The molecule has 0 amide bonds. The number of likely N-dealkylation sites (N-methyl/N-ethyl adjacent to an activating group) is 1. The van der Waals surface area contributed by atoms with Gasteiger partial charge in [-0.2, -0.15) is 0 Å². The summed E-state index contributed by atoms with van der Waals surface area (Å²) in [7, 11) is 9.87. The van der Waals surface area contributed by atoms with E-state index < -0.39 is 18.9 Å². The third kappa shape index (κ3) is 13.8. The van der Waals surface area contributed by atoms with Crippen LogP contribution in [0.5, 0.6) is 0 Å². The van der Waals surface area contributed by atoms with Crippen molar-refractivity contribution < 1.29 is 10.2 Å². The molecule has 0 saturated carbocycles. The van der Waals surface area contributed by atoms with Gasteiger partial charge in [0.25, 0.3) is 0 Å². The molecule has 0 atom stereocenters. The molecule has 0 aliphatic rings. The summed E-state index contributed by atoms with van der Waals surface area (Å²) in [6.07, 6.45) is 0. The molecule has 0 aliphatic carbocycles. The molecule has 0 fully saturated rings. The summed E-state index contributed by atoms with van der Waals surface area (Å²) in [5.41, 5.74) is 0. The first-order valence-electron chi connectivity index (χ1n) is 3.67. The Morgan fingerprint density at radius 2 is 1.50 bits per heavy atom. The summed E-state index contributed by atoms with van der Waals surface area (Å²) in [5.74, 6) is 0. The number of hydrogen-bond donors (Lipinski definition) is 2.